The van der Waals surface area contributed by atoms with Crippen LogP contribution in [0.4, 0.5) is 5.82 Å². The first-order valence-electron chi connectivity index (χ1n) is 7.72. The quantitative estimate of drug-likeness (QED) is 0.637. The van der Waals surface area contributed by atoms with Gasteiger partial charge in [-0.3, -0.25) is 4.72 Å². The summed E-state index contributed by atoms with van der Waals surface area (Å²) in [6.45, 7) is 6.80. The Morgan fingerprint density at radius 1 is 1.15 bits per heavy atom. The number of hydrogen-bond acceptors (Lipinski definition) is 7. The van der Waals surface area contributed by atoms with E-state index in [2.05, 4.69) is 33.2 Å². The summed E-state index contributed by atoms with van der Waals surface area (Å²) in [5, 5.41) is 4.59. The van der Waals surface area contributed by atoms with Crippen LogP contribution in [0.25, 0.3) is 10.9 Å². The first-order valence-corrected chi connectivity index (χ1v) is 9.26. The lowest BCUT2D eigenvalue weighted by Gasteiger charge is -2.10. The number of nitrogens with zero attached hydrogens (tertiary/aromatic N) is 2. The number of aromatic nitrogens is 2. The van der Waals surface area contributed by atoms with Crippen LogP contribution in [0.1, 0.15) is 0 Å². The maximum atomic E-state index is 11.5. The molecule has 27 heavy (non-hydrogen) atoms. The topological polar surface area (TPSA) is 102 Å². The van der Waals surface area contributed by atoms with Crippen molar-refractivity contribution < 1.29 is 17.9 Å². The second kappa shape index (κ2) is 8.86. The van der Waals surface area contributed by atoms with E-state index in [9.17, 15) is 8.42 Å². The maximum absolute atomic E-state index is 11.5. The molecule has 1 heterocycles. The smallest absolute Gasteiger partial charge is 0.254 e. The van der Waals surface area contributed by atoms with E-state index in [4.69, 9.17) is 9.47 Å². The second-order valence-electron chi connectivity index (χ2n) is 5.09. The molecule has 0 unspecified atom stereocenters. The van der Waals surface area contributed by atoms with Crippen molar-refractivity contribution >= 4 is 26.7 Å². The number of nitrogens with one attached hydrogen (secondary N) is 2. The normalized spacial score (nSPS) is 12.0. The highest BCUT2D eigenvalue weighted by atomic mass is 32.2. The number of allylic oxidation sites excluding steroid dienone is 3. The molecule has 0 bridgehead atoms. The Kier molecular flexibility index (Phi) is 6.56. The van der Waals surface area contributed by atoms with Gasteiger partial charge in [0.15, 0.2) is 11.5 Å². The number of rotatable bonds is 9. The minimum Gasteiger partial charge on any atom is -0.493 e. The molecule has 1 aromatic carbocycles. The van der Waals surface area contributed by atoms with E-state index in [1.165, 1.54) is 18.5 Å². The van der Waals surface area contributed by atoms with Crippen molar-refractivity contribution in [2.45, 2.75) is 0 Å². The second-order valence-corrected chi connectivity index (χ2v) is 6.72. The molecule has 0 atom stereocenters. The van der Waals surface area contributed by atoms with E-state index in [-0.39, 0.29) is 0 Å². The van der Waals surface area contributed by atoms with E-state index < -0.39 is 10.0 Å². The molecule has 1 aromatic heterocycles. The van der Waals surface area contributed by atoms with Gasteiger partial charge in [-0.1, -0.05) is 13.2 Å². The molecule has 0 aliphatic rings. The minimum absolute atomic E-state index is 0.298. The van der Waals surface area contributed by atoms with Crippen LogP contribution in [-0.4, -0.2) is 32.6 Å². The van der Waals surface area contributed by atoms with E-state index in [0.717, 1.165) is 10.8 Å². The number of sulfonamides is 1. The largest absolute Gasteiger partial charge is 0.493 e. The summed E-state index contributed by atoms with van der Waals surface area (Å²) in [6, 6.07) is 3.53. The van der Waals surface area contributed by atoms with Gasteiger partial charge in [-0.15, -0.1) is 0 Å². The summed E-state index contributed by atoms with van der Waals surface area (Å²) < 4.78 is 35.9. The highest BCUT2D eigenvalue weighted by molar-refractivity contribution is 7.92. The summed E-state index contributed by atoms with van der Waals surface area (Å²) in [5.41, 5.74) is 0.978. The van der Waals surface area contributed by atoms with Gasteiger partial charge in [0, 0.05) is 28.8 Å². The lowest BCUT2D eigenvalue weighted by atomic mass is 10.2. The van der Waals surface area contributed by atoms with Crippen molar-refractivity contribution in [1.29, 1.82) is 0 Å². The first kappa shape index (κ1) is 20.0. The summed E-state index contributed by atoms with van der Waals surface area (Å²) in [5.74, 6) is 1.68. The maximum Gasteiger partial charge on any atom is 0.254 e. The third-order valence-corrected chi connectivity index (χ3v) is 4.39. The molecule has 0 aliphatic heterocycles. The Labute approximate surface area is 158 Å². The molecule has 2 rings (SSSR count). The molecule has 0 fully saturated rings. The van der Waals surface area contributed by atoms with Gasteiger partial charge in [-0.25, -0.2) is 18.4 Å². The highest BCUT2D eigenvalue weighted by Gasteiger charge is 2.10. The van der Waals surface area contributed by atoms with Crippen LogP contribution in [0.15, 0.2) is 67.2 Å². The minimum atomic E-state index is -3.59. The molecule has 9 heteroatoms. The van der Waals surface area contributed by atoms with Gasteiger partial charge < -0.3 is 14.8 Å². The number of ether oxygens (including phenoxy) is 2. The molecule has 0 saturated heterocycles. The van der Waals surface area contributed by atoms with Crippen LogP contribution in [0, 0.1) is 0 Å². The van der Waals surface area contributed by atoms with E-state index in [1.54, 1.807) is 38.6 Å². The predicted octanol–water partition coefficient (Wildman–Crippen LogP) is 2.71. The zero-order chi connectivity index (χ0) is 19.9. The molecular weight excluding hydrogens is 368 g/mol. The van der Waals surface area contributed by atoms with Crippen molar-refractivity contribution in [3.63, 3.8) is 0 Å². The van der Waals surface area contributed by atoms with Crippen LogP contribution >= 0.6 is 0 Å². The van der Waals surface area contributed by atoms with E-state index in [1.807, 2.05) is 0 Å². The van der Waals surface area contributed by atoms with Gasteiger partial charge >= 0.3 is 0 Å². The van der Waals surface area contributed by atoms with Crippen LogP contribution in [0.3, 0.4) is 0 Å². The highest BCUT2D eigenvalue weighted by Crippen LogP contribution is 2.33. The standard InChI is InChI=1S/C18H20N4O4S/c1-5-13(22-27(23,24)6-2)8-7-9-19-18-14-10-16(25-3)17(26-4)11-15(14)20-12-21-18/h5-12,22H,1-2H2,3-4H3,(H,19,20,21)/b9-7+,13-8+. The number of benzene rings is 1. The molecule has 0 spiro atoms. The van der Waals surface area contributed by atoms with Gasteiger partial charge in [0.05, 0.1) is 19.7 Å². The van der Waals surface area contributed by atoms with Gasteiger partial charge in [-0.2, -0.15) is 0 Å². The Bertz CT molecular complexity index is 1010. The summed E-state index contributed by atoms with van der Waals surface area (Å²) in [4.78, 5) is 8.44. The van der Waals surface area contributed by atoms with Crippen molar-refractivity contribution in [1.82, 2.24) is 14.7 Å². The summed E-state index contributed by atoms with van der Waals surface area (Å²) in [6.07, 6.45) is 7.55. The van der Waals surface area contributed by atoms with Gasteiger partial charge in [0.1, 0.15) is 12.1 Å². The monoisotopic (exact) mass is 388 g/mol. The average molecular weight is 388 g/mol. The molecule has 2 aromatic rings. The SMILES string of the molecule is C=C/C(=C\C=C\Nc1ncnc2cc(OC)c(OC)cc12)NS(=O)(=O)C=C. The number of fused-ring (bicyclic) bond motifs is 1. The van der Waals surface area contributed by atoms with Crippen LogP contribution in [0.5, 0.6) is 11.5 Å². The summed E-state index contributed by atoms with van der Waals surface area (Å²) in [7, 11) is -0.489. The Morgan fingerprint density at radius 3 is 2.48 bits per heavy atom. The predicted molar refractivity (Wildman–Crippen MR) is 106 cm³/mol. The van der Waals surface area contributed by atoms with E-state index in [0.29, 0.717) is 28.5 Å². The lowest BCUT2D eigenvalue weighted by Crippen LogP contribution is -2.19. The Balaban J connectivity index is 2.25. The zero-order valence-corrected chi connectivity index (χ0v) is 15.8. The molecule has 0 saturated carbocycles. The molecule has 8 nitrogen and oxygen atoms in total. The Morgan fingerprint density at radius 2 is 1.85 bits per heavy atom. The van der Waals surface area contributed by atoms with Crippen molar-refractivity contribution in [2.24, 2.45) is 0 Å². The van der Waals surface area contributed by atoms with Gasteiger partial charge in [-0.05, 0) is 24.3 Å². The molecule has 0 radical (unpaired) electrons. The third kappa shape index (κ3) is 5.08. The number of methoxy groups -OCH3 is 2. The van der Waals surface area contributed by atoms with Crippen LogP contribution < -0.4 is 19.5 Å². The molecule has 2 N–H and O–H groups in total. The van der Waals surface area contributed by atoms with Gasteiger partial charge in [0.25, 0.3) is 10.0 Å². The average Bonchev–Trinajstić information content (AvgIpc) is 2.68. The zero-order valence-electron chi connectivity index (χ0n) is 15.0. The lowest BCUT2D eigenvalue weighted by molar-refractivity contribution is 0.356. The molecule has 142 valence electrons. The van der Waals surface area contributed by atoms with Gasteiger partial charge in [0.2, 0.25) is 0 Å². The number of anilines is 1. The summed E-state index contributed by atoms with van der Waals surface area (Å²) >= 11 is 0. The molecule has 0 aliphatic carbocycles. The van der Waals surface area contributed by atoms with E-state index >= 15 is 0 Å². The fourth-order valence-electron chi connectivity index (χ4n) is 2.13. The number of hydrogen-bond donors (Lipinski definition) is 2. The van der Waals surface area contributed by atoms with Crippen LogP contribution in [-0.2, 0) is 10.0 Å². The Hall–Kier alpha value is -3.33. The molecular formula is C18H20N4O4S. The van der Waals surface area contributed by atoms with Crippen molar-refractivity contribution in [3.8, 4) is 11.5 Å². The first-order chi connectivity index (χ1) is 12.9. The van der Waals surface area contributed by atoms with Crippen molar-refractivity contribution in [2.75, 3.05) is 19.5 Å². The molecule has 0 amide bonds. The van der Waals surface area contributed by atoms with Crippen molar-refractivity contribution in [3.05, 3.63) is 67.2 Å². The fourth-order valence-corrected chi connectivity index (χ4v) is 2.69. The fraction of sp³-hybridized carbons (Fsp3) is 0.111. The third-order valence-electron chi connectivity index (χ3n) is 3.43. The van der Waals surface area contributed by atoms with Crippen LogP contribution in [0.2, 0.25) is 0 Å².